The van der Waals surface area contributed by atoms with E-state index in [1.807, 2.05) is 0 Å². The normalized spacial score (nSPS) is 27.5. The van der Waals surface area contributed by atoms with Gasteiger partial charge < -0.3 is 5.32 Å². The van der Waals surface area contributed by atoms with E-state index >= 15 is 0 Å². The van der Waals surface area contributed by atoms with E-state index in [9.17, 15) is 0 Å². The van der Waals surface area contributed by atoms with E-state index in [1.54, 1.807) is 0 Å². The highest BCUT2D eigenvalue weighted by Crippen LogP contribution is 2.06. The van der Waals surface area contributed by atoms with E-state index in [0.29, 0.717) is 6.17 Å². The van der Waals surface area contributed by atoms with Crippen LogP contribution >= 0.6 is 0 Å². The van der Waals surface area contributed by atoms with Gasteiger partial charge in [-0.1, -0.05) is 13.0 Å². The monoisotopic (exact) mass is 140 g/mol. The summed E-state index contributed by atoms with van der Waals surface area (Å²) in [6.45, 7) is 5.44. The van der Waals surface area contributed by atoms with Crippen LogP contribution in [0, 0.1) is 0 Å². The number of nitrogens with one attached hydrogen (secondary N) is 1. The molecule has 0 bridgehead atoms. The molecular weight excluding hydrogens is 124 g/mol. The molecule has 1 heterocycles. The van der Waals surface area contributed by atoms with E-state index in [2.05, 4.69) is 37.2 Å². The van der Waals surface area contributed by atoms with Crippen molar-refractivity contribution in [1.82, 2.24) is 10.2 Å². The standard InChI is InChI=1S/C8H16N2/c1-4-8-5-6-10(3)7(2)9-8/h5,7,9H,4,6H2,1-3H3. The number of hydrogen-bond acceptors (Lipinski definition) is 2. The molecule has 0 aliphatic carbocycles. The van der Waals surface area contributed by atoms with Crippen LogP contribution in [0.5, 0.6) is 0 Å². The number of nitrogens with zero attached hydrogens (tertiary/aromatic N) is 1. The van der Waals surface area contributed by atoms with Crippen LogP contribution < -0.4 is 5.32 Å². The van der Waals surface area contributed by atoms with Crippen LogP contribution in [-0.4, -0.2) is 24.7 Å². The van der Waals surface area contributed by atoms with Gasteiger partial charge in [0.2, 0.25) is 0 Å². The minimum atomic E-state index is 0.500. The SMILES string of the molecule is CCC1=CCN(C)C(C)N1. The van der Waals surface area contributed by atoms with Gasteiger partial charge in [0.1, 0.15) is 0 Å². The topological polar surface area (TPSA) is 15.3 Å². The summed E-state index contributed by atoms with van der Waals surface area (Å²) in [6, 6.07) is 0. The molecular formula is C8H16N2. The van der Waals surface area contributed by atoms with Crippen LogP contribution in [0.15, 0.2) is 11.8 Å². The van der Waals surface area contributed by atoms with Crippen molar-refractivity contribution < 1.29 is 0 Å². The van der Waals surface area contributed by atoms with Crippen LogP contribution in [0.2, 0.25) is 0 Å². The molecule has 1 aliphatic rings. The highest BCUT2D eigenvalue weighted by molar-refractivity contribution is 5.04. The number of rotatable bonds is 1. The van der Waals surface area contributed by atoms with E-state index in [1.165, 1.54) is 5.70 Å². The summed E-state index contributed by atoms with van der Waals surface area (Å²) in [5.74, 6) is 0. The lowest BCUT2D eigenvalue weighted by Gasteiger charge is -2.30. The lowest BCUT2D eigenvalue weighted by atomic mass is 10.2. The summed E-state index contributed by atoms with van der Waals surface area (Å²) in [7, 11) is 2.13. The second-order valence-corrected chi connectivity index (χ2v) is 2.84. The lowest BCUT2D eigenvalue weighted by molar-refractivity contribution is 0.238. The van der Waals surface area contributed by atoms with Gasteiger partial charge in [-0.15, -0.1) is 0 Å². The van der Waals surface area contributed by atoms with Gasteiger partial charge >= 0.3 is 0 Å². The molecule has 2 heteroatoms. The Hall–Kier alpha value is -0.500. The first-order valence-corrected chi connectivity index (χ1v) is 3.90. The average Bonchev–Trinajstić information content (AvgIpc) is 1.95. The molecule has 0 aromatic rings. The van der Waals surface area contributed by atoms with Crippen molar-refractivity contribution in [2.24, 2.45) is 0 Å². The molecule has 10 heavy (non-hydrogen) atoms. The van der Waals surface area contributed by atoms with Crippen molar-refractivity contribution in [2.75, 3.05) is 13.6 Å². The number of hydrogen-bond donors (Lipinski definition) is 1. The van der Waals surface area contributed by atoms with Gasteiger partial charge in [-0.2, -0.15) is 0 Å². The Morgan fingerprint density at radius 1 is 1.80 bits per heavy atom. The summed E-state index contributed by atoms with van der Waals surface area (Å²) in [5.41, 5.74) is 1.38. The highest BCUT2D eigenvalue weighted by atomic mass is 15.3. The number of allylic oxidation sites excluding steroid dienone is 1. The predicted molar refractivity (Wildman–Crippen MR) is 43.6 cm³/mol. The van der Waals surface area contributed by atoms with Crippen LogP contribution in [0.3, 0.4) is 0 Å². The second kappa shape index (κ2) is 3.06. The Morgan fingerprint density at radius 3 is 3.00 bits per heavy atom. The molecule has 58 valence electrons. The first-order chi connectivity index (χ1) is 4.74. The maximum absolute atomic E-state index is 3.40. The summed E-state index contributed by atoms with van der Waals surface area (Å²) in [5, 5.41) is 3.40. The largest absolute Gasteiger partial charge is 0.373 e. The van der Waals surface area contributed by atoms with E-state index in [0.717, 1.165) is 13.0 Å². The maximum atomic E-state index is 3.40. The molecule has 0 saturated carbocycles. The van der Waals surface area contributed by atoms with E-state index in [-0.39, 0.29) is 0 Å². The zero-order valence-corrected chi connectivity index (χ0v) is 7.02. The van der Waals surface area contributed by atoms with E-state index < -0.39 is 0 Å². The highest BCUT2D eigenvalue weighted by Gasteiger charge is 2.12. The van der Waals surface area contributed by atoms with Crippen LogP contribution in [-0.2, 0) is 0 Å². The zero-order chi connectivity index (χ0) is 7.56. The molecule has 0 radical (unpaired) electrons. The van der Waals surface area contributed by atoms with Crippen molar-refractivity contribution >= 4 is 0 Å². The van der Waals surface area contributed by atoms with Gasteiger partial charge in [0.25, 0.3) is 0 Å². The summed E-state index contributed by atoms with van der Waals surface area (Å²) < 4.78 is 0. The van der Waals surface area contributed by atoms with Crippen molar-refractivity contribution in [1.29, 1.82) is 0 Å². The molecule has 0 aromatic carbocycles. The quantitative estimate of drug-likeness (QED) is 0.588. The Labute approximate surface area is 62.9 Å². The van der Waals surface area contributed by atoms with Gasteiger partial charge in [-0.3, -0.25) is 4.90 Å². The molecule has 2 nitrogen and oxygen atoms in total. The van der Waals surface area contributed by atoms with Gasteiger partial charge in [0.15, 0.2) is 0 Å². The van der Waals surface area contributed by atoms with Crippen LogP contribution in [0.1, 0.15) is 20.3 Å². The third-order valence-corrected chi connectivity index (χ3v) is 2.06. The fraction of sp³-hybridized carbons (Fsp3) is 0.750. The smallest absolute Gasteiger partial charge is 0.0761 e. The third kappa shape index (κ3) is 1.51. The number of likely N-dealkylation sites (N-methyl/N-ethyl adjacent to an activating group) is 1. The first kappa shape index (κ1) is 7.61. The van der Waals surface area contributed by atoms with Crippen molar-refractivity contribution in [3.63, 3.8) is 0 Å². The molecule has 0 spiro atoms. The predicted octanol–water partition coefficient (Wildman–Crippen LogP) is 1.16. The van der Waals surface area contributed by atoms with Gasteiger partial charge in [-0.05, 0) is 20.4 Å². The zero-order valence-electron chi connectivity index (χ0n) is 7.02. The summed E-state index contributed by atoms with van der Waals surface area (Å²) in [4.78, 5) is 2.28. The molecule has 0 amide bonds. The molecule has 1 N–H and O–H groups in total. The fourth-order valence-electron chi connectivity index (χ4n) is 1.10. The Balaban J connectivity index is 2.52. The Bertz CT molecular complexity index is 140. The van der Waals surface area contributed by atoms with Gasteiger partial charge in [0.05, 0.1) is 6.17 Å². The molecule has 0 saturated heterocycles. The van der Waals surface area contributed by atoms with Crippen LogP contribution in [0.25, 0.3) is 0 Å². The molecule has 1 atom stereocenters. The molecule has 1 rings (SSSR count). The Morgan fingerprint density at radius 2 is 2.50 bits per heavy atom. The minimum absolute atomic E-state index is 0.500. The summed E-state index contributed by atoms with van der Waals surface area (Å²) >= 11 is 0. The Kier molecular flexibility index (Phi) is 2.33. The molecule has 0 aromatic heterocycles. The van der Waals surface area contributed by atoms with Gasteiger partial charge in [0, 0.05) is 12.2 Å². The minimum Gasteiger partial charge on any atom is -0.373 e. The van der Waals surface area contributed by atoms with Crippen molar-refractivity contribution in [2.45, 2.75) is 26.4 Å². The van der Waals surface area contributed by atoms with Gasteiger partial charge in [-0.25, -0.2) is 0 Å². The average molecular weight is 140 g/mol. The second-order valence-electron chi connectivity index (χ2n) is 2.84. The molecule has 1 unspecified atom stereocenters. The third-order valence-electron chi connectivity index (χ3n) is 2.06. The van der Waals surface area contributed by atoms with Crippen LogP contribution in [0.4, 0.5) is 0 Å². The maximum Gasteiger partial charge on any atom is 0.0761 e. The van der Waals surface area contributed by atoms with Crippen molar-refractivity contribution in [3.05, 3.63) is 11.8 Å². The lowest BCUT2D eigenvalue weighted by Crippen LogP contribution is -2.44. The fourth-order valence-corrected chi connectivity index (χ4v) is 1.10. The molecule has 1 aliphatic heterocycles. The van der Waals surface area contributed by atoms with E-state index in [4.69, 9.17) is 0 Å². The molecule has 0 fully saturated rings. The summed E-state index contributed by atoms with van der Waals surface area (Å²) in [6.07, 6.45) is 3.87. The first-order valence-electron chi connectivity index (χ1n) is 3.90. The van der Waals surface area contributed by atoms with Crippen molar-refractivity contribution in [3.8, 4) is 0 Å².